The van der Waals surface area contributed by atoms with Gasteiger partial charge in [0.2, 0.25) is 0 Å². The third-order valence-electron chi connectivity index (χ3n) is 1.82. The summed E-state index contributed by atoms with van der Waals surface area (Å²) in [4.78, 5) is 0. The lowest BCUT2D eigenvalue weighted by atomic mass is 9.79. The van der Waals surface area contributed by atoms with E-state index in [-0.39, 0.29) is 0 Å². The van der Waals surface area contributed by atoms with Gasteiger partial charge in [-0.05, 0) is 13.0 Å². The molecule has 0 amide bonds. The Hall–Kier alpha value is -1.26. The van der Waals surface area contributed by atoms with Crippen molar-refractivity contribution < 1.29 is 10.0 Å². The van der Waals surface area contributed by atoms with Gasteiger partial charge >= 0.3 is 7.12 Å². The molecule has 1 aromatic rings. The van der Waals surface area contributed by atoms with E-state index in [1.54, 1.807) is 18.2 Å². The van der Waals surface area contributed by atoms with Crippen molar-refractivity contribution in [2.75, 3.05) is 11.9 Å². The highest BCUT2D eigenvalue weighted by Crippen LogP contribution is 2.04. The van der Waals surface area contributed by atoms with Crippen LogP contribution in [0.15, 0.2) is 36.4 Å². The summed E-state index contributed by atoms with van der Waals surface area (Å²) in [5.41, 5.74) is 2.20. The molecule has 3 N–H and O–H groups in total. The molecule has 4 heteroatoms. The van der Waals surface area contributed by atoms with Crippen LogP contribution in [-0.4, -0.2) is 23.7 Å². The van der Waals surface area contributed by atoms with Crippen molar-refractivity contribution in [1.82, 2.24) is 0 Å². The molecule has 0 heterocycles. The molecule has 1 aromatic carbocycles. The molecule has 0 aliphatic carbocycles. The minimum absolute atomic E-state index is 0.480. The van der Waals surface area contributed by atoms with E-state index in [9.17, 15) is 0 Å². The highest BCUT2D eigenvalue weighted by atomic mass is 16.4. The molecular formula is C10H14BNO2. The van der Waals surface area contributed by atoms with Crippen molar-refractivity contribution in [3.05, 3.63) is 36.4 Å². The third kappa shape index (κ3) is 2.90. The smallest absolute Gasteiger partial charge is 0.423 e. The van der Waals surface area contributed by atoms with Gasteiger partial charge < -0.3 is 15.4 Å². The lowest BCUT2D eigenvalue weighted by Crippen LogP contribution is -2.32. The Morgan fingerprint density at radius 2 is 2.07 bits per heavy atom. The molecule has 14 heavy (non-hydrogen) atoms. The van der Waals surface area contributed by atoms with Crippen molar-refractivity contribution >= 4 is 18.3 Å². The Bertz CT molecular complexity index is 326. The van der Waals surface area contributed by atoms with Gasteiger partial charge in [0.1, 0.15) is 0 Å². The first-order valence-electron chi connectivity index (χ1n) is 4.44. The summed E-state index contributed by atoms with van der Waals surface area (Å²) in [5, 5.41) is 21.2. The van der Waals surface area contributed by atoms with E-state index in [4.69, 9.17) is 10.0 Å². The zero-order valence-corrected chi connectivity index (χ0v) is 8.20. The summed E-state index contributed by atoms with van der Waals surface area (Å²) >= 11 is 0. The summed E-state index contributed by atoms with van der Waals surface area (Å²) in [6, 6.07) is 7.08. The number of hydrogen-bond donors (Lipinski definition) is 3. The zero-order chi connectivity index (χ0) is 10.6. The third-order valence-corrected chi connectivity index (χ3v) is 1.82. The van der Waals surface area contributed by atoms with E-state index < -0.39 is 7.12 Å². The van der Waals surface area contributed by atoms with Gasteiger partial charge in [-0.2, -0.15) is 0 Å². The fourth-order valence-corrected chi connectivity index (χ4v) is 1.13. The maximum atomic E-state index is 9.06. The van der Waals surface area contributed by atoms with Crippen LogP contribution in [-0.2, 0) is 0 Å². The Balaban J connectivity index is 2.79. The van der Waals surface area contributed by atoms with Gasteiger partial charge in [-0.25, -0.2) is 0 Å². The molecule has 0 saturated carbocycles. The molecule has 0 aliphatic heterocycles. The zero-order valence-electron chi connectivity index (χ0n) is 8.20. The molecule has 0 radical (unpaired) electrons. The molecule has 0 aliphatic rings. The number of nitrogens with one attached hydrogen (secondary N) is 1. The van der Waals surface area contributed by atoms with Crippen LogP contribution in [0.4, 0.5) is 5.69 Å². The Kier molecular flexibility index (Phi) is 3.74. The highest BCUT2D eigenvalue weighted by Gasteiger charge is 2.14. The van der Waals surface area contributed by atoms with Crippen LogP contribution >= 0.6 is 0 Å². The van der Waals surface area contributed by atoms with Crippen LogP contribution in [0.2, 0.25) is 0 Å². The minimum Gasteiger partial charge on any atom is -0.423 e. The number of anilines is 1. The number of benzene rings is 1. The Morgan fingerprint density at radius 1 is 1.43 bits per heavy atom. The second-order valence-electron chi connectivity index (χ2n) is 3.27. The number of hydrogen-bond acceptors (Lipinski definition) is 3. The van der Waals surface area contributed by atoms with E-state index in [0.29, 0.717) is 12.0 Å². The fraction of sp³-hybridized carbons (Fsp3) is 0.200. The minimum atomic E-state index is -1.44. The monoisotopic (exact) mass is 191 g/mol. The van der Waals surface area contributed by atoms with Gasteiger partial charge in [0.15, 0.2) is 0 Å². The van der Waals surface area contributed by atoms with E-state index in [0.717, 1.165) is 11.3 Å². The Morgan fingerprint density at radius 3 is 2.64 bits per heavy atom. The van der Waals surface area contributed by atoms with Crippen molar-refractivity contribution in [3.63, 3.8) is 0 Å². The molecule has 0 aromatic heterocycles. The van der Waals surface area contributed by atoms with Crippen molar-refractivity contribution in [1.29, 1.82) is 0 Å². The first-order chi connectivity index (χ1) is 6.61. The van der Waals surface area contributed by atoms with Crippen LogP contribution in [0.5, 0.6) is 0 Å². The van der Waals surface area contributed by atoms with Crippen LogP contribution in [0.3, 0.4) is 0 Å². The maximum absolute atomic E-state index is 9.06. The Labute approximate surface area is 84.2 Å². The van der Waals surface area contributed by atoms with Crippen LogP contribution in [0, 0.1) is 0 Å². The molecule has 0 spiro atoms. The predicted octanol–water partition coefficient (Wildman–Crippen LogP) is 0.354. The molecule has 0 bridgehead atoms. The van der Waals surface area contributed by atoms with Gasteiger partial charge in [0, 0.05) is 17.7 Å². The topological polar surface area (TPSA) is 52.5 Å². The predicted molar refractivity (Wildman–Crippen MR) is 59.6 cm³/mol. The average molecular weight is 191 g/mol. The summed E-state index contributed by atoms with van der Waals surface area (Å²) in [6.45, 7) is 6.29. The van der Waals surface area contributed by atoms with Gasteiger partial charge in [-0.1, -0.05) is 30.4 Å². The summed E-state index contributed by atoms with van der Waals surface area (Å²) in [6.07, 6.45) is 0. The lowest BCUT2D eigenvalue weighted by Gasteiger charge is -2.10. The maximum Gasteiger partial charge on any atom is 0.490 e. The second-order valence-corrected chi connectivity index (χ2v) is 3.27. The van der Waals surface area contributed by atoms with E-state index >= 15 is 0 Å². The first-order valence-corrected chi connectivity index (χ1v) is 4.44. The standard InChI is InChI=1S/C10H14BNO2/c1-8(2)7-12-10-6-4-3-5-9(10)11(13)14/h3-6,12-14H,1,7H2,2H3. The largest absolute Gasteiger partial charge is 0.490 e. The van der Waals surface area contributed by atoms with E-state index in [2.05, 4.69) is 11.9 Å². The normalized spacial score (nSPS) is 9.64. The van der Waals surface area contributed by atoms with E-state index in [1.165, 1.54) is 0 Å². The molecule has 3 nitrogen and oxygen atoms in total. The fourth-order valence-electron chi connectivity index (χ4n) is 1.13. The SMILES string of the molecule is C=C(C)CNc1ccccc1B(O)O. The van der Waals surface area contributed by atoms with Crippen molar-refractivity contribution in [2.45, 2.75) is 6.92 Å². The highest BCUT2D eigenvalue weighted by molar-refractivity contribution is 6.60. The van der Waals surface area contributed by atoms with Gasteiger partial charge in [0.25, 0.3) is 0 Å². The second kappa shape index (κ2) is 4.84. The molecule has 74 valence electrons. The lowest BCUT2D eigenvalue weighted by molar-refractivity contribution is 0.426. The van der Waals surface area contributed by atoms with Crippen LogP contribution < -0.4 is 10.8 Å². The summed E-state index contributed by atoms with van der Waals surface area (Å²) < 4.78 is 0. The quantitative estimate of drug-likeness (QED) is 0.475. The number of para-hydroxylation sites is 1. The average Bonchev–Trinajstić information content (AvgIpc) is 2.15. The molecule has 0 unspecified atom stereocenters. The van der Waals surface area contributed by atoms with Crippen LogP contribution in [0.25, 0.3) is 0 Å². The molecule has 0 fully saturated rings. The summed E-state index contributed by atoms with van der Waals surface area (Å²) in [5.74, 6) is 0. The first kappa shape index (κ1) is 10.8. The molecule has 0 saturated heterocycles. The summed E-state index contributed by atoms with van der Waals surface area (Å²) in [7, 11) is -1.44. The van der Waals surface area contributed by atoms with Gasteiger partial charge in [0.05, 0.1) is 0 Å². The van der Waals surface area contributed by atoms with E-state index in [1.807, 2.05) is 13.0 Å². The molecule has 1 rings (SSSR count). The van der Waals surface area contributed by atoms with Crippen molar-refractivity contribution in [3.8, 4) is 0 Å². The van der Waals surface area contributed by atoms with Gasteiger partial charge in [-0.3, -0.25) is 0 Å². The molecular weight excluding hydrogens is 177 g/mol. The van der Waals surface area contributed by atoms with Crippen molar-refractivity contribution in [2.24, 2.45) is 0 Å². The molecule has 0 atom stereocenters. The van der Waals surface area contributed by atoms with Gasteiger partial charge in [-0.15, -0.1) is 0 Å². The number of rotatable bonds is 4. The van der Waals surface area contributed by atoms with Crippen LogP contribution in [0.1, 0.15) is 6.92 Å².